The summed E-state index contributed by atoms with van der Waals surface area (Å²) in [5, 5.41) is 0. The Bertz CT molecular complexity index is 2580. The number of imidazole rings is 3. The monoisotopic (exact) mass is 735 g/mol. The molecule has 9 heteroatoms. The summed E-state index contributed by atoms with van der Waals surface area (Å²) in [5.74, 6) is 1.78. The van der Waals surface area contributed by atoms with Gasteiger partial charge in [-0.3, -0.25) is 0 Å². The molecule has 10 rings (SSSR count). The Morgan fingerprint density at radius 3 is 0.825 bits per heavy atom. The summed E-state index contributed by atoms with van der Waals surface area (Å²) in [6.45, 7) is 0. The van der Waals surface area contributed by atoms with Crippen molar-refractivity contribution in [2.45, 2.75) is 0 Å². The van der Waals surface area contributed by atoms with Crippen LogP contribution in [0.5, 0.6) is 0 Å². The van der Waals surface area contributed by atoms with E-state index in [1.807, 2.05) is 32.3 Å². The van der Waals surface area contributed by atoms with Crippen molar-refractivity contribution >= 4 is 0 Å². The average molecular weight is 736 g/mol. The first kappa shape index (κ1) is 33.5. The zero-order valence-corrected chi connectivity index (χ0v) is 30.6. The third-order valence-corrected chi connectivity index (χ3v) is 10.0. The van der Waals surface area contributed by atoms with Crippen LogP contribution in [-0.2, 0) is 0 Å². The van der Waals surface area contributed by atoms with Crippen LogP contribution in [0.4, 0.5) is 0 Å². The topological polar surface area (TPSA) is 92.1 Å². The molecule has 0 unspecified atom stereocenters. The molecule has 0 saturated heterocycles. The zero-order chi connectivity index (χ0) is 38.0. The van der Waals surface area contributed by atoms with Crippen molar-refractivity contribution < 1.29 is 0 Å². The van der Waals surface area contributed by atoms with Gasteiger partial charge in [-0.2, -0.15) is 0 Å². The Morgan fingerprint density at radius 2 is 0.561 bits per heavy atom. The maximum atomic E-state index is 5.13. The summed E-state index contributed by atoms with van der Waals surface area (Å²) in [5.41, 5.74) is 12.3. The van der Waals surface area contributed by atoms with Gasteiger partial charge in [0.25, 0.3) is 0 Å². The molecule has 0 aliphatic rings. The summed E-state index contributed by atoms with van der Waals surface area (Å²) >= 11 is 0. The predicted molar refractivity (Wildman–Crippen MR) is 224 cm³/mol. The Morgan fingerprint density at radius 1 is 0.281 bits per heavy atom. The lowest BCUT2D eigenvalue weighted by atomic mass is 10.0. The van der Waals surface area contributed by atoms with Gasteiger partial charge in [-0.25, -0.2) is 29.9 Å². The first-order chi connectivity index (χ1) is 28.2. The molecule has 0 bridgehead atoms. The fourth-order valence-electron chi connectivity index (χ4n) is 6.99. The van der Waals surface area contributed by atoms with Gasteiger partial charge in [0.05, 0.1) is 19.0 Å². The minimum Gasteiger partial charge on any atom is -0.306 e. The van der Waals surface area contributed by atoms with E-state index in [0.29, 0.717) is 17.5 Å². The highest BCUT2D eigenvalue weighted by atomic mass is 15.0. The molecule has 57 heavy (non-hydrogen) atoms. The second-order valence-corrected chi connectivity index (χ2v) is 13.6. The summed E-state index contributed by atoms with van der Waals surface area (Å²) in [6, 6.07) is 50.4. The number of rotatable bonds is 9. The Kier molecular flexibility index (Phi) is 8.62. The van der Waals surface area contributed by atoms with Crippen molar-refractivity contribution in [1.82, 2.24) is 43.6 Å². The average Bonchev–Trinajstić information content (AvgIpc) is 4.13. The molecule has 0 aliphatic carbocycles. The van der Waals surface area contributed by atoms with E-state index in [9.17, 15) is 0 Å². The van der Waals surface area contributed by atoms with Gasteiger partial charge in [-0.1, -0.05) is 91.0 Å². The van der Waals surface area contributed by atoms with Gasteiger partial charge in [-0.15, -0.1) is 0 Å². The van der Waals surface area contributed by atoms with E-state index in [1.54, 1.807) is 37.6 Å². The summed E-state index contributed by atoms with van der Waals surface area (Å²) in [6.07, 6.45) is 16.6. The van der Waals surface area contributed by atoms with E-state index in [-0.39, 0.29) is 0 Å². The molecule has 4 heterocycles. The molecule has 0 spiro atoms. The van der Waals surface area contributed by atoms with Crippen molar-refractivity contribution in [1.29, 1.82) is 0 Å². The Hall–Kier alpha value is -8.04. The maximum Gasteiger partial charge on any atom is 0.164 e. The van der Waals surface area contributed by atoms with Crippen molar-refractivity contribution in [2.24, 2.45) is 0 Å². The van der Waals surface area contributed by atoms with Crippen molar-refractivity contribution in [3.8, 4) is 84.6 Å². The number of nitrogens with zero attached hydrogens (tertiary/aromatic N) is 9. The molecule has 0 amide bonds. The third kappa shape index (κ3) is 6.92. The molecule has 0 fully saturated rings. The number of hydrogen-bond donors (Lipinski definition) is 0. The second kappa shape index (κ2) is 14.7. The van der Waals surface area contributed by atoms with E-state index in [1.165, 1.54) is 0 Å². The molecule has 0 radical (unpaired) electrons. The van der Waals surface area contributed by atoms with E-state index in [0.717, 1.165) is 67.1 Å². The van der Waals surface area contributed by atoms with Crippen molar-refractivity contribution in [3.63, 3.8) is 0 Å². The van der Waals surface area contributed by atoms with E-state index in [2.05, 4.69) is 161 Å². The molecule has 270 valence electrons. The Labute approximate surface area is 329 Å². The van der Waals surface area contributed by atoms with Crippen LogP contribution in [0.25, 0.3) is 84.6 Å². The molecular weight excluding hydrogens is 703 g/mol. The van der Waals surface area contributed by atoms with E-state index >= 15 is 0 Å². The van der Waals surface area contributed by atoms with Crippen LogP contribution in [0.1, 0.15) is 0 Å². The van der Waals surface area contributed by atoms with Gasteiger partial charge >= 0.3 is 0 Å². The zero-order valence-electron chi connectivity index (χ0n) is 30.6. The molecule has 4 aromatic heterocycles. The molecule has 10 aromatic rings. The molecule has 0 aliphatic heterocycles. The highest BCUT2D eigenvalue weighted by Crippen LogP contribution is 2.32. The fraction of sp³-hybridized carbons (Fsp3) is 0. The highest BCUT2D eigenvalue weighted by molar-refractivity contribution is 5.76. The Balaban J connectivity index is 1.04. The first-order valence-electron chi connectivity index (χ1n) is 18.5. The van der Waals surface area contributed by atoms with Crippen LogP contribution >= 0.6 is 0 Å². The van der Waals surface area contributed by atoms with E-state index < -0.39 is 0 Å². The normalized spacial score (nSPS) is 11.2. The molecule has 6 aromatic carbocycles. The SMILES string of the molecule is c1cc(-c2ccc(-n3ccnc3)cc2)cc(-c2nc(-c3cccc(-c4ccc(-n5ccnc5)cc4)c3)nc(-c3cccc(-c4ccc(-n5ccnc5)cc4)c3)n2)c1. The highest BCUT2D eigenvalue weighted by Gasteiger charge is 2.15. The van der Waals surface area contributed by atoms with Crippen LogP contribution in [0.15, 0.2) is 202 Å². The lowest BCUT2D eigenvalue weighted by Gasteiger charge is -2.12. The van der Waals surface area contributed by atoms with Gasteiger partial charge in [0.1, 0.15) is 0 Å². The minimum absolute atomic E-state index is 0.595. The molecule has 0 atom stereocenters. The molecule has 0 saturated carbocycles. The maximum absolute atomic E-state index is 5.13. The lowest BCUT2D eigenvalue weighted by Crippen LogP contribution is -2.00. The van der Waals surface area contributed by atoms with Crippen LogP contribution in [-0.4, -0.2) is 43.6 Å². The summed E-state index contributed by atoms with van der Waals surface area (Å²) in [4.78, 5) is 27.9. The van der Waals surface area contributed by atoms with Gasteiger partial charge in [0.2, 0.25) is 0 Å². The van der Waals surface area contributed by atoms with Crippen LogP contribution in [0.2, 0.25) is 0 Å². The number of hydrogen-bond acceptors (Lipinski definition) is 6. The smallest absolute Gasteiger partial charge is 0.164 e. The van der Waals surface area contributed by atoms with E-state index in [4.69, 9.17) is 15.0 Å². The molecule has 9 nitrogen and oxygen atoms in total. The van der Waals surface area contributed by atoms with Gasteiger partial charge in [0.15, 0.2) is 17.5 Å². The predicted octanol–water partition coefficient (Wildman–Crippen LogP) is 10.4. The lowest BCUT2D eigenvalue weighted by molar-refractivity contribution is 1.06. The third-order valence-electron chi connectivity index (χ3n) is 10.0. The van der Waals surface area contributed by atoms with Gasteiger partial charge < -0.3 is 13.7 Å². The largest absolute Gasteiger partial charge is 0.306 e. The van der Waals surface area contributed by atoms with Crippen LogP contribution in [0.3, 0.4) is 0 Å². The number of aromatic nitrogens is 9. The van der Waals surface area contributed by atoms with Crippen molar-refractivity contribution in [3.05, 3.63) is 202 Å². The molecule has 0 N–H and O–H groups in total. The van der Waals surface area contributed by atoms with Crippen molar-refractivity contribution in [2.75, 3.05) is 0 Å². The minimum atomic E-state index is 0.595. The fourth-order valence-corrected chi connectivity index (χ4v) is 6.99. The second-order valence-electron chi connectivity index (χ2n) is 13.6. The van der Waals surface area contributed by atoms with Crippen LogP contribution < -0.4 is 0 Å². The molecular formula is C48H33N9. The van der Waals surface area contributed by atoms with Gasteiger partial charge in [0, 0.05) is 70.9 Å². The quantitative estimate of drug-likeness (QED) is 0.147. The van der Waals surface area contributed by atoms with Crippen LogP contribution in [0, 0.1) is 0 Å². The summed E-state index contributed by atoms with van der Waals surface area (Å²) < 4.78 is 5.97. The first-order valence-corrected chi connectivity index (χ1v) is 18.5. The summed E-state index contributed by atoms with van der Waals surface area (Å²) in [7, 11) is 0. The van der Waals surface area contributed by atoms with Gasteiger partial charge in [-0.05, 0) is 88.0 Å². The standard InChI is InChI=1S/C48H33N9/c1-4-37(34-10-16-43(17-11-34)55-25-22-49-31-55)28-40(7-1)46-52-47(41-8-2-5-38(29-41)35-12-18-44(19-13-35)56-26-23-50-32-56)54-48(53-46)42-9-3-6-39(30-42)36-14-20-45(21-15-36)57-27-24-51-33-57/h1-33H. The number of benzene rings is 6.